The van der Waals surface area contributed by atoms with E-state index in [1.807, 2.05) is 11.8 Å². The number of aliphatic hydroxyl groups excluding tert-OH is 1. The summed E-state index contributed by atoms with van der Waals surface area (Å²) in [4.78, 5) is 13.9. The first-order chi connectivity index (χ1) is 9.58. The Kier molecular flexibility index (Phi) is 4.49. The number of carbonyl (C=O) groups is 1. The Morgan fingerprint density at radius 3 is 2.70 bits per heavy atom. The zero-order valence-corrected chi connectivity index (χ0v) is 12.0. The molecule has 1 fully saturated rings. The van der Waals surface area contributed by atoms with Crippen LogP contribution >= 0.6 is 0 Å². The minimum atomic E-state index is -0.467. The topological polar surface area (TPSA) is 93.6 Å². The fourth-order valence-electron chi connectivity index (χ4n) is 2.44. The van der Waals surface area contributed by atoms with Gasteiger partial charge in [-0.25, -0.2) is 9.48 Å². The van der Waals surface area contributed by atoms with E-state index in [0.29, 0.717) is 49.7 Å². The Labute approximate surface area is 118 Å². The van der Waals surface area contributed by atoms with E-state index in [1.54, 1.807) is 4.68 Å². The normalized spacial score (nSPS) is 16.4. The van der Waals surface area contributed by atoms with Crippen LogP contribution in [0.3, 0.4) is 0 Å². The van der Waals surface area contributed by atoms with Crippen molar-refractivity contribution >= 4 is 17.6 Å². The standard InChI is InChI=1S/C13H22N4O3/c1-3-6-17-11(14)10(13(19)20-2)12(15-17)16-7-4-9(18)5-8-16/h9,18H,3-8,14H2,1-2H3. The van der Waals surface area contributed by atoms with Crippen LogP contribution in [0.1, 0.15) is 36.5 Å². The lowest BCUT2D eigenvalue weighted by molar-refractivity contribution is 0.0602. The number of rotatable bonds is 4. The molecule has 20 heavy (non-hydrogen) atoms. The molecule has 0 atom stereocenters. The second kappa shape index (κ2) is 6.13. The van der Waals surface area contributed by atoms with E-state index < -0.39 is 5.97 Å². The Morgan fingerprint density at radius 2 is 2.15 bits per heavy atom. The van der Waals surface area contributed by atoms with Gasteiger partial charge in [0.25, 0.3) is 0 Å². The summed E-state index contributed by atoms with van der Waals surface area (Å²) < 4.78 is 6.46. The summed E-state index contributed by atoms with van der Waals surface area (Å²) in [5, 5.41) is 14.0. The lowest BCUT2D eigenvalue weighted by Gasteiger charge is -2.30. The van der Waals surface area contributed by atoms with Crippen molar-refractivity contribution in [1.29, 1.82) is 0 Å². The maximum Gasteiger partial charge on any atom is 0.345 e. The number of nitrogens with zero attached hydrogens (tertiary/aromatic N) is 3. The van der Waals surface area contributed by atoms with Crippen molar-refractivity contribution in [3.8, 4) is 0 Å². The smallest absolute Gasteiger partial charge is 0.345 e. The molecule has 0 saturated carbocycles. The Bertz CT molecular complexity index is 478. The Balaban J connectivity index is 2.35. The van der Waals surface area contributed by atoms with E-state index in [-0.39, 0.29) is 6.10 Å². The second-order valence-electron chi connectivity index (χ2n) is 5.02. The average molecular weight is 282 g/mol. The van der Waals surface area contributed by atoms with E-state index in [0.717, 1.165) is 6.42 Å². The van der Waals surface area contributed by atoms with Crippen molar-refractivity contribution in [2.75, 3.05) is 30.8 Å². The van der Waals surface area contributed by atoms with Crippen molar-refractivity contribution in [1.82, 2.24) is 9.78 Å². The largest absolute Gasteiger partial charge is 0.465 e. The molecule has 1 aliphatic rings. The van der Waals surface area contributed by atoms with Crippen LogP contribution in [-0.2, 0) is 11.3 Å². The highest BCUT2D eigenvalue weighted by Crippen LogP contribution is 2.28. The van der Waals surface area contributed by atoms with Crippen LogP contribution in [0.15, 0.2) is 0 Å². The SMILES string of the molecule is CCCn1nc(N2CCC(O)CC2)c(C(=O)OC)c1N. The van der Waals surface area contributed by atoms with Crippen molar-refractivity contribution in [3.63, 3.8) is 0 Å². The first-order valence-corrected chi connectivity index (χ1v) is 6.96. The number of ether oxygens (including phenoxy) is 1. The van der Waals surface area contributed by atoms with Crippen LogP contribution in [0.2, 0.25) is 0 Å². The molecule has 7 heteroatoms. The summed E-state index contributed by atoms with van der Waals surface area (Å²) in [6.45, 7) is 4.00. The van der Waals surface area contributed by atoms with Gasteiger partial charge in [-0.05, 0) is 19.3 Å². The molecule has 1 aromatic heterocycles. The van der Waals surface area contributed by atoms with Gasteiger partial charge in [-0.1, -0.05) is 6.92 Å². The minimum absolute atomic E-state index is 0.275. The molecule has 2 heterocycles. The van der Waals surface area contributed by atoms with Gasteiger partial charge >= 0.3 is 5.97 Å². The molecule has 0 unspecified atom stereocenters. The van der Waals surface area contributed by atoms with Gasteiger partial charge in [0.15, 0.2) is 5.82 Å². The number of aromatic nitrogens is 2. The number of nitrogen functional groups attached to an aromatic ring is 1. The molecule has 3 N–H and O–H groups in total. The van der Waals surface area contributed by atoms with E-state index >= 15 is 0 Å². The molecule has 0 aliphatic carbocycles. The number of aryl methyl sites for hydroxylation is 1. The molecule has 0 amide bonds. The number of hydrogen-bond donors (Lipinski definition) is 2. The van der Waals surface area contributed by atoms with Crippen molar-refractivity contribution < 1.29 is 14.6 Å². The van der Waals surface area contributed by atoms with Crippen LogP contribution in [-0.4, -0.2) is 47.2 Å². The predicted octanol–water partition coefficient (Wildman–Crippen LogP) is 0.623. The number of aliphatic hydroxyl groups is 1. The first-order valence-electron chi connectivity index (χ1n) is 6.96. The third-order valence-corrected chi connectivity index (χ3v) is 3.56. The summed E-state index contributed by atoms with van der Waals surface area (Å²) >= 11 is 0. The highest BCUT2D eigenvalue weighted by Gasteiger charge is 2.28. The summed E-state index contributed by atoms with van der Waals surface area (Å²) in [6, 6.07) is 0. The molecular formula is C13H22N4O3. The maximum absolute atomic E-state index is 11.9. The Hall–Kier alpha value is -1.76. The van der Waals surface area contributed by atoms with Crippen LogP contribution < -0.4 is 10.6 Å². The van der Waals surface area contributed by atoms with Gasteiger partial charge in [-0.3, -0.25) is 0 Å². The van der Waals surface area contributed by atoms with Gasteiger partial charge in [0.2, 0.25) is 0 Å². The summed E-state index contributed by atoms with van der Waals surface area (Å²) in [5.74, 6) is 0.445. The first kappa shape index (κ1) is 14.6. The maximum atomic E-state index is 11.9. The average Bonchev–Trinajstić information content (AvgIpc) is 2.77. The highest BCUT2D eigenvalue weighted by molar-refractivity contribution is 5.99. The third kappa shape index (κ3) is 2.72. The number of carbonyl (C=O) groups excluding carboxylic acids is 1. The lowest BCUT2D eigenvalue weighted by atomic mass is 10.1. The fourth-order valence-corrected chi connectivity index (χ4v) is 2.44. The van der Waals surface area contributed by atoms with E-state index in [9.17, 15) is 9.90 Å². The Morgan fingerprint density at radius 1 is 1.50 bits per heavy atom. The molecule has 0 aromatic carbocycles. The summed E-state index contributed by atoms with van der Waals surface area (Å²) in [6.07, 6.45) is 1.94. The number of esters is 1. The van der Waals surface area contributed by atoms with E-state index in [4.69, 9.17) is 10.5 Å². The predicted molar refractivity (Wildman–Crippen MR) is 75.7 cm³/mol. The van der Waals surface area contributed by atoms with Crippen LogP contribution in [0, 0.1) is 0 Å². The van der Waals surface area contributed by atoms with E-state index in [1.165, 1.54) is 7.11 Å². The van der Waals surface area contributed by atoms with Crippen molar-refractivity contribution in [2.45, 2.75) is 38.8 Å². The number of anilines is 2. The lowest BCUT2D eigenvalue weighted by Crippen LogP contribution is -2.37. The molecule has 1 aliphatic heterocycles. The van der Waals surface area contributed by atoms with Crippen LogP contribution in [0.4, 0.5) is 11.6 Å². The number of piperidine rings is 1. The molecule has 0 bridgehead atoms. The third-order valence-electron chi connectivity index (χ3n) is 3.56. The quantitative estimate of drug-likeness (QED) is 0.786. The summed E-state index contributed by atoms with van der Waals surface area (Å²) in [5.41, 5.74) is 6.36. The molecule has 112 valence electrons. The second-order valence-corrected chi connectivity index (χ2v) is 5.02. The van der Waals surface area contributed by atoms with E-state index in [2.05, 4.69) is 5.10 Å². The van der Waals surface area contributed by atoms with Gasteiger partial charge in [-0.15, -0.1) is 0 Å². The van der Waals surface area contributed by atoms with Gasteiger partial charge in [0.05, 0.1) is 13.2 Å². The zero-order valence-electron chi connectivity index (χ0n) is 12.0. The molecule has 7 nitrogen and oxygen atoms in total. The monoisotopic (exact) mass is 282 g/mol. The highest BCUT2D eigenvalue weighted by atomic mass is 16.5. The number of hydrogen-bond acceptors (Lipinski definition) is 6. The van der Waals surface area contributed by atoms with Gasteiger partial charge < -0.3 is 20.5 Å². The van der Waals surface area contributed by atoms with Crippen molar-refractivity contribution in [3.05, 3.63) is 5.56 Å². The molecular weight excluding hydrogens is 260 g/mol. The molecule has 1 aromatic rings. The molecule has 0 spiro atoms. The molecule has 1 saturated heterocycles. The molecule has 0 radical (unpaired) electrons. The van der Waals surface area contributed by atoms with Gasteiger partial charge in [0.1, 0.15) is 11.4 Å². The number of nitrogens with two attached hydrogens (primary N) is 1. The number of methoxy groups -OCH3 is 1. The van der Waals surface area contributed by atoms with Crippen LogP contribution in [0.5, 0.6) is 0 Å². The summed E-state index contributed by atoms with van der Waals surface area (Å²) in [7, 11) is 1.34. The fraction of sp³-hybridized carbons (Fsp3) is 0.692. The zero-order chi connectivity index (χ0) is 14.7. The minimum Gasteiger partial charge on any atom is -0.465 e. The van der Waals surface area contributed by atoms with Crippen molar-refractivity contribution in [2.24, 2.45) is 0 Å². The van der Waals surface area contributed by atoms with Gasteiger partial charge in [0, 0.05) is 19.6 Å². The molecule has 2 rings (SSSR count). The van der Waals surface area contributed by atoms with Gasteiger partial charge in [-0.2, -0.15) is 5.10 Å². The van der Waals surface area contributed by atoms with Crippen LogP contribution in [0.25, 0.3) is 0 Å².